The minimum Gasteiger partial charge on any atom is -0.278 e. The third kappa shape index (κ3) is 8.44. The molecule has 7 nitrogen and oxygen atoms in total. The maximum atomic E-state index is 5.99. The van der Waals surface area contributed by atoms with E-state index in [2.05, 4.69) is 115 Å². The van der Waals surface area contributed by atoms with E-state index in [0.29, 0.717) is 29.2 Å². The Bertz CT molecular complexity index is 3830. The molecule has 0 bridgehead atoms. The predicted molar refractivity (Wildman–Crippen MR) is 286 cm³/mol. The quantitative estimate of drug-likeness (QED) is 0.171. The van der Waals surface area contributed by atoms with E-state index in [1.165, 1.54) is 53.2 Å². The molecule has 13 aromatic rings. The molecule has 0 saturated heterocycles. The minimum atomic E-state index is 0.202. The Hall–Kier alpha value is -8.21. The van der Waals surface area contributed by atoms with Crippen molar-refractivity contribution in [1.82, 2.24) is 34.5 Å². The van der Waals surface area contributed by atoms with Crippen LogP contribution in [0.3, 0.4) is 0 Å². The molecule has 5 aromatic heterocycles. The molecule has 14 rings (SSSR count). The molecule has 5 heterocycles. The van der Waals surface area contributed by atoms with Gasteiger partial charge in [0.05, 0.1) is 11.0 Å². The molecule has 0 amide bonds. The van der Waals surface area contributed by atoms with Gasteiger partial charge in [-0.25, -0.2) is 9.97 Å². The monoisotopic (exact) mass is 943 g/mol. The van der Waals surface area contributed by atoms with Gasteiger partial charge in [-0.15, -0.1) is 22.7 Å². The van der Waals surface area contributed by atoms with E-state index >= 15 is 0 Å². The summed E-state index contributed by atoms with van der Waals surface area (Å²) in [4.78, 5) is 27.6. The number of hydrogen-bond acceptors (Lipinski definition) is 8. The number of para-hydroxylation sites is 1. The molecule has 0 radical (unpaired) electrons. The van der Waals surface area contributed by atoms with Crippen molar-refractivity contribution in [3.05, 3.63) is 233 Å². The average molecular weight is 945 g/mol. The number of fused-ring (bicyclic) bond motifs is 8. The van der Waals surface area contributed by atoms with Crippen molar-refractivity contribution in [3.63, 3.8) is 0 Å². The number of benzene rings is 8. The third-order valence-electron chi connectivity index (χ3n) is 12.2. The van der Waals surface area contributed by atoms with Crippen molar-refractivity contribution in [3.8, 4) is 62.6 Å². The molecule has 1 aliphatic carbocycles. The van der Waals surface area contributed by atoms with Gasteiger partial charge < -0.3 is 0 Å². The molecular weight excluding hydrogens is 906 g/mol. The second-order valence-electron chi connectivity index (χ2n) is 16.5. The van der Waals surface area contributed by atoms with Crippen molar-refractivity contribution in [2.45, 2.75) is 6.42 Å². The maximum absolute atomic E-state index is 5.99. The molecule has 0 saturated carbocycles. The molecular formula is C59H38ClN7S2. The van der Waals surface area contributed by atoms with Gasteiger partial charge >= 0.3 is 0 Å². The van der Waals surface area contributed by atoms with E-state index in [4.69, 9.17) is 26.6 Å². The zero-order chi connectivity index (χ0) is 46.1. The van der Waals surface area contributed by atoms with Crippen LogP contribution in [0.25, 0.3) is 105 Å². The Morgan fingerprint density at radius 1 is 0.377 bits per heavy atom. The lowest BCUT2D eigenvalue weighted by molar-refractivity contribution is 0.954. The number of nitrogens with zero attached hydrogens (tertiary/aromatic N) is 7. The summed E-state index contributed by atoms with van der Waals surface area (Å²) in [6, 6.07) is 70.4. The second-order valence-corrected chi connectivity index (χ2v) is 18.7. The van der Waals surface area contributed by atoms with E-state index < -0.39 is 0 Å². The Morgan fingerprint density at radius 2 is 0.855 bits per heavy atom. The van der Waals surface area contributed by atoms with E-state index in [1.807, 2.05) is 133 Å². The molecule has 0 atom stereocenters. The Balaban J connectivity index is 0.000000118. The summed E-state index contributed by atoms with van der Waals surface area (Å²) in [5, 5.41) is 9.53. The fourth-order valence-electron chi connectivity index (χ4n) is 8.91. The first kappa shape index (κ1) is 42.2. The number of halogens is 1. The van der Waals surface area contributed by atoms with Gasteiger partial charge in [-0.1, -0.05) is 164 Å². The summed E-state index contributed by atoms with van der Waals surface area (Å²) in [5.74, 6) is 3.11. The first-order chi connectivity index (χ1) is 34.1. The molecule has 69 heavy (non-hydrogen) atoms. The molecule has 0 fully saturated rings. The zero-order valence-corrected chi connectivity index (χ0v) is 39.2. The van der Waals surface area contributed by atoms with Crippen molar-refractivity contribution >= 4 is 76.3 Å². The van der Waals surface area contributed by atoms with Crippen LogP contribution in [0.4, 0.5) is 0 Å². The van der Waals surface area contributed by atoms with Gasteiger partial charge in [0.2, 0.25) is 11.2 Å². The van der Waals surface area contributed by atoms with Crippen LogP contribution < -0.4 is 0 Å². The Labute approximate surface area is 410 Å². The summed E-state index contributed by atoms with van der Waals surface area (Å²) >= 11 is 9.57. The lowest BCUT2D eigenvalue weighted by Gasteiger charge is -2.10. The van der Waals surface area contributed by atoms with Gasteiger partial charge in [0.1, 0.15) is 0 Å². The molecule has 0 N–H and O–H groups in total. The first-order valence-corrected chi connectivity index (χ1v) is 24.6. The van der Waals surface area contributed by atoms with Crippen molar-refractivity contribution in [1.29, 1.82) is 0 Å². The maximum Gasteiger partial charge on any atom is 0.238 e. The van der Waals surface area contributed by atoms with Gasteiger partial charge in [-0.05, 0) is 104 Å². The highest BCUT2D eigenvalue weighted by Crippen LogP contribution is 2.40. The molecule has 0 aliphatic heterocycles. The highest BCUT2D eigenvalue weighted by molar-refractivity contribution is 7.17. The summed E-state index contributed by atoms with van der Waals surface area (Å²) in [5.41, 5.74) is 11.8. The summed E-state index contributed by atoms with van der Waals surface area (Å²) in [6.45, 7) is 0. The van der Waals surface area contributed by atoms with Crippen LogP contribution in [-0.4, -0.2) is 34.5 Å². The fourth-order valence-corrected chi connectivity index (χ4v) is 10.7. The molecule has 10 heteroatoms. The Morgan fingerprint density at radius 3 is 1.43 bits per heavy atom. The van der Waals surface area contributed by atoms with E-state index in [9.17, 15) is 0 Å². The molecule has 328 valence electrons. The SMILES string of the molecule is Clc1nc(-c2ccccc2)nc(-c2ccccc2)n1.c1ccc(-c2nc(-c3ccccc3)nc(-n3c4ccccc4c4cc5ccsc5cc43)n2)cc1.c1ccc2c(c1)Cc1cc3sccc3cc1-2. The highest BCUT2D eigenvalue weighted by Gasteiger charge is 2.20. The number of thiophene rings is 2. The third-order valence-corrected chi connectivity index (χ3v) is 14.1. The van der Waals surface area contributed by atoms with Crippen LogP contribution in [0.15, 0.2) is 217 Å². The topological polar surface area (TPSA) is 82.3 Å². The van der Waals surface area contributed by atoms with Crippen LogP contribution in [0.1, 0.15) is 11.1 Å². The second kappa shape index (κ2) is 18.5. The van der Waals surface area contributed by atoms with Gasteiger partial charge in [-0.3, -0.25) is 4.57 Å². The van der Waals surface area contributed by atoms with Crippen LogP contribution in [0.5, 0.6) is 0 Å². The molecule has 1 aliphatic rings. The summed E-state index contributed by atoms with van der Waals surface area (Å²) < 4.78 is 4.83. The highest BCUT2D eigenvalue weighted by atomic mass is 35.5. The smallest absolute Gasteiger partial charge is 0.238 e. The van der Waals surface area contributed by atoms with Crippen molar-refractivity contribution < 1.29 is 0 Å². The predicted octanol–water partition coefficient (Wildman–Crippen LogP) is 15.8. The van der Waals surface area contributed by atoms with Crippen LogP contribution in [0.2, 0.25) is 5.28 Å². The first-order valence-electron chi connectivity index (χ1n) is 22.5. The van der Waals surface area contributed by atoms with Crippen LogP contribution in [0, 0.1) is 0 Å². The fraction of sp³-hybridized carbons (Fsp3) is 0.0169. The van der Waals surface area contributed by atoms with Gasteiger partial charge in [-0.2, -0.15) is 19.9 Å². The average Bonchev–Trinajstić information content (AvgIpc) is 4.23. The number of rotatable bonds is 5. The number of hydrogen-bond donors (Lipinski definition) is 0. The molecule has 0 spiro atoms. The van der Waals surface area contributed by atoms with E-state index in [1.54, 1.807) is 11.3 Å². The normalized spacial score (nSPS) is 11.5. The lowest BCUT2D eigenvalue weighted by Crippen LogP contribution is -2.06. The standard InChI is InChI=1S/C29H18N4S.C15H10ClN3.C15H10S/c1-3-9-19(10-4-1)27-30-28(20-11-5-2-6-12-20)32-29(31-27)33-24-14-8-7-13-22(24)23-17-21-15-16-34-26(21)18-25(23)33;16-15-18-13(11-7-3-1-4-8-11)17-14(19-15)12-9-5-2-6-10-12;1-2-4-13-10(3-1)7-12-9-15-11(5-6-16-15)8-14(12)13/h1-18H;1-10H;1-6,8-9H,7H2. The zero-order valence-electron chi connectivity index (χ0n) is 36.8. The Kier molecular flexibility index (Phi) is 11.3. The van der Waals surface area contributed by atoms with Crippen molar-refractivity contribution in [2.75, 3.05) is 0 Å². The van der Waals surface area contributed by atoms with Crippen molar-refractivity contribution in [2.24, 2.45) is 0 Å². The molecule has 8 aromatic carbocycles. The van der Waals surface area contributed by atoms with Gasteiger partial charge in [0.15, 0.2) is 23.3 Å². The van der Waals surface area contributed by atoms with Crippen LogP contribution in [-0.2, 0) is 6.42 Å². The van der Waals surface area contributed by atoms with Gasteiger partial charge in [0, 0.05) is 42.4 Å². The lowest BCUT2D eigenvalue weighted by atomic mass is 10.0. The van der Waals surface area contributed by atoms with Gasteiger partial charge in [0.25, 0.3) is 0 Å². The molecule has 0 unspecified atom stereocenters. The van der Waals surface area contributed by atoms with E-state index in [-0.39, 0.29) is 5.28 Å². The largest absolute Gasteiger partial charge is 0.278 e. The van der Waals surface area contributed by atoms with Crippen LogP contribution >= 0.6 is 34.3 Å². The number of aromatic nitrogens is 7. The minimum absolute atomic E-state index is 0.202. The summed E-state index contributed by atoms with van der Waals surface area (Å²) in [7, 11) is 0. The summed E-state index contributed by atoms with van der Waals surface area (Å²) in [6.07, 6.45) is 1.10. The van der Waals surface area contributed by atoms with E-state index in [0.717, 1.165) is 39.7 Å².